The molecule has 0 radical (unpaired) electrons. The van der Waals surface area contributed by atoms with Gasteiger partial charge in [-0.15, -0.1) is 0 Å². The third-order valence-corrected chi connectivity index (χ3v) is 11.5. The first-order valence-corrected chi connectivity index (χ1v) is 13.7. The molecule has 1 aliphatic heterocycles. The number of fused-ring (bicyclic) bond motifs is 5. The summed E-state index contributed by atoms with van der Waals surface area (Å²) in [5.41, 5.74) is 0.609. The van der Waals surface area contributed by atoms with Gasteiger partial charge in [-0.25, -0.2) is 0 Å². The molecule has 4 saturated carbocycles. The van der Waals surface area contributed by atoms with E-state index in [1.54, 1.807) is 0 Å². The summed E-state index contributed by atoms with van der Waals surface area (Å²) in [6.07, 6.45) is 13.7. The van der Waals surface area contributed by atoms with Crippen molar-refractivity contribution in [3.8, 4) is 0 Å². The molecule has 5 aliphatic rings. The van der Waals surface area contributed by atoms with Crippen LogP contribution in [0.5, 0.6) is 0 Å². The second-order valence-corrected chi connectivity index (χ2v) is 12.9. The number of rotatable bonds is 3. The van der Waals surface area contributed by atoms with E-state index in [4.69, 9.17) is 4.74 Å². The number of hydrogen-bond donors (Lipinski definition) is 0. The molecule has 1 amide bonds. The molecule has 2 unspecified atom stereocenters. The zero-order valence-electron chi connectivity index (χ0n) is 20.9. The smallest absolute Gasteiger partial charge is 0.308 e. The van der Waals surface area contributed by atoms with Crippen LogP contribution in [0.25, 0.3) is 0 Å². The molecule has 0 N–H and O–H groups in total. The topological polar surface area (TPSA) is 46.6 Å². The van der Waals surface area contributed by atoms with E-state index in [2.05, 4.69) is 25.7 Å². The minimum Gasteiger partial charge on any atom is -0.465 e. The van der Waals surface area contributed by atoms with Crippen LogP contribution in [-0.2, 0) is 14.3 Å². The van der Waals surface area contributed by atoms with E-state index in [1.807, 2.05) is 7.05 Å². The van der Waals surface area contributed by atoms with Crippen LogP contribution in [0.15, 0.2) is 0 Å². The van der Waals surface area contributed by atoms with Gasteiger partial charge < -0.3 is 9.64 Å². The molecule has 1 saturated heterocycles. The molecule has 4 aliphatic carbocycles. The van der Waals surface area contributed by atoms with Crippen LogP contribution in [0.2, 0.25) is 0 Å². The lowest BCUT2D eigenvalue weighted by atomic mass is 9.47. The van der Waals surface area contributed by atoms with Crippen molar-refractivity contribution in [2.75, 3.05) is 13.7 Å². The Kier molecular flexibility index (Phi) is 5.90. The molecule has 32 heavy (non-hydrogen) atoms. The molecule has 0 aromatic carbocycles. The molecule has 0 spiro atoms. The van der Waals surface area contributed by atoms with E-state index in [9.17, 15) is 9.59 Å². The van der Waals surface area contributed by atoms with E-state index in [1.165, 1.54) is 51.4 Å². The van der Waals surface area contributed by atoms with Gasteiger partial charge in [-0.3, -0.25) is 9.59 Å². The number of carbonyl (C=O) groups excluding carboxylic acids is 2. The second-order valence-electron chi connectivity index (χ2n) is 12.9. The number of esters is 1. The Morgan fingerprint density at radius 3 is 2.41 bits per heavy atom. The van der Waals surface area contributed by atoms with Crippen LogP contribution < -0.4 is 0 Å². The van der Waals surface area contributed by atoms with Gasteiger partial charge in [0.15, 0.2) is 0 Å². The summed E-state index contributed by atoms with van der Waals surface area (Å²) >= 11 is 0. The second kappa shape index (κ2) is 8.31. The highest BCUT2D eigenvalue weighted by molar-refractivity contribution is 5.77. The van der Waals surface area contributed by atoms with Gasteiger partial charge in [0.2, 0.25) is 5.91 Å². The van der Waals surface area contributed by atoms with Gasteiger partial charge in [0.05, 0.1) is 12.5 Å². The maximum atomic E-state index is 12.8. The van der Waals surface area contributed by atoms with Crippen LogP contribution in [-0.4, -0.2) is 36.5 Å². The number of nitrogens with zero attached hydrogens (tertiary/aromatic N) is 1. The van der Waals surface area contributed by atoms with Crippen molar-refractivity contribution in [1.82, 2.24) is 4.90 Å². The molecule has 5 fully saturated rings. The molecular formula is C28H45NO3. The minimum atomic E-state index is 0.0839. The third-order valence-electron chi connectivity index (χ3n) is 11.5. The number of ether oxygens (including phenoxy) is 1. The Balaban J connectivity index is 1.24. The molecule has 4 nitrogen and oxygen atoms in total. The number of amides is 1. The monoisotopic (exact) mass is 443 g/mol. The minimum absolute atomic E-state index is 0.0839. The van der Waals surface area contributed by atoms with Gasteiger partial charge in [0, 0.05) is 19.5 Å². The Morgan fingerprint density at radius 1 is 0.938 bits per heavy atom. The summed E-state index contributed by atoms with van der Waals surface area (Å²) in [5, 5.41) is 0. The summed E-state index contributed by atoms with van der Waals surface area (Å²) in [4.78, 5) is 27.2. The van der Waals surface area contributed by atoms with E-state index in [-0.39, 0.29) is 17.3 Å². The van der Waals surface area contributed by atoms with Crippen LogP contribution >= 0.6 is 0 Å². The van der Waals surface area contributed by atoms with Crippen LogP contribution in [0, 0.1) is 46.3 Å². The number of piperidine rings is 1. The lowest BCUT2D eigenvalue weighted by molar-refractivity contribution is -0.162. The van der Waals surface area contributed by atoms with Gasteiger partial charge in [-0.1, -0.05) is 20.8 Å². The van der Waals surface area contributed by atoms with Crippen molar-refractivity contribution in [3.63, 3.8) is 0 Å². The fourth-order valence-corrected chi connectivity index (χ4v) is 9.33. The molecule has 0 aromatic rings. The molecule has 1 heterocycles. The summed E-state index contributed by atoms with van der Waals surface area (Å²) in [7, 11) is 2.05. The van der Waals surface area contributed by atoms with Crippen molar-refractivity contribution in [2.45, 2.75) is 104 Å². The Morgan fingerprint density at radius 2 is 1.66 bits per heavy atom. The van der Waals surface area contributed by atoms with Crippen molar-refractivity contribution in [2.24, 2.45) is 46.3 Å². The van der Waals surface area contributed by atoms with E-state index >= 15 is 0 Å². The summed E-state index contributed by atoms with van der Waals surface area (Å²) in [5.74, 6) is 4.18. The van der Waals surface area contributed by atoms with Crippen molar-refractivity contribution < 1.29 is 14.3 Å². The van der Waals surface area contributed by atoms with Gasteiger partial charge in [-0.05, 0) is 111 Å². The van der Waals surface area contributed by atoms with Crippen LogP contribution in [0.3, 0.4) is 0 Å². The summed E-state index contributed by atoms with van der Waals surface area (Å²) in [6, 6.07) is 0.436. The largest absolute Gasteiger partial charge is 0.465 e. The highest BCUT2D eigenvalue weighted by Crippen LogP contribution is 2.66. The predicted molar refractivity (Wildman–Crippen MR) is 126 cm³/mol. The molecule has 7 atom stereocenters. The molecule has 180 valence electrons. The maximum absolute atomic E-state index is 12.8. The summed E-state index contributed by atoms with van der Waals surface area (Å²) < 4.78 is 6.00. The lowest BCUT2D eigenvalue weighted by Crippen LogP contribution is -2.61. The normalized spacial score (nSPS) is 48.6. The van der Waals surface area contributed by atoms with Gasteiger partial charge in [0.1, 0.15) is 0 Å². The quantitative estimate of drug-likeness (QED) is 0.515. The van der Waals surface area contributed by atoms with Crippen molar-refractivity contribution in [1.29, 1.82) is 0 Å². The first kappa shape index (κ1) is 22.7. The first-order chi connectivity index (χ1) is 15.2. The van der Waals surface area contributed by atoms with E-state index in [0.717, 1.165) is 49.4 Å². The molecular weight excluding hydrogens is 398 g/mol. The average Bonchev–Trinajstić information content (AvgIpc) is 3.12. The van der Waals surface area contributed by atoms with Crippen LogP contribution in [0.4, 0.5) is 0 Å². The van der Waals surface area contributed by atoms with Gasteiger partial charge in [-0.2, -0.15) is 0 Å². The average molecular weight is 444 g/mol. The SMILES string of the molecule is CC1CCC(C(=O)OCC2CC[C@H]3[C@@H]4CCC5N(C)C(=O)CC[C@]5(C)[C@@H]4CC[C@]23C)CC1. The fourth-order valence-electron chi connectivity index (χ4n) is 9.33. The predicted octanol–water partition coefficient (Wildman–Crippen LogP) is 5.84. The number of hydrogen-bond acceptors (Lipinski definition) is 3. The maximum Gasteiger partial charge on any atom is 0.308 e. The molecule has 4 heteroatoms. The lowest BCUT2D eigenvalue weighted by Gasteiger charge is -2.61. The van der Waals surface area contributed by atoms with Crippen molar-refractivity contribution >= 4 is 11.9 Å². The third kappa shape index (κ3) is 3.54. The molecule has 0 aromatic heterocycles. The number of carbonyl (C=O) groups is 2. The van der Waals surface area contributed by atoms with Gasteiger partial charge in [0.25, 0.3) is 0 Å². The standard InChI is InChI=1S/C28H45NO3/c1-18-5-7-19(8-6-18)26(31)32-17-20-9-11-22-21-10-12-24-28(3,16-14-25(30)29(24)4)23(21)13-15-27(20,22)2/h18-24H,5-17H2,1-4H3/t18?,19?,20?,21-,22-,23+,24?,27+,28+/m0/s1. The Hall–Kier alpha value is -1.06. The highest BCUT2D eigenvalue weighted by atomic mass is 16.5. The number of likely N-dealkylation sites (tertiary alicyclic amines) is 1. The fraction of sp³-hybridized carbons (Fsp3) is 0.929. The highest BCUT2D eigenvalue weighted by Gasteiger charge is 2.61. The zero-order valence-corrected chi connectivity index (χ0v) is 20.9. The summed E-state index contributed by atoms with van der Waals surface area (Å²) in [6.45, 7) is 7.97. The van der Waals surface area contributed by atoms with Gasteiger partial charge >= 0.3 is 5.97 Å². The Bertz CT molecular complexity index is 743. The first-order valence-electron chi connectivity index (χ1n) is 13.7. The van der Waals surface area contributed by atoms with Crippen LogP contribution in [0.1, 0.15) is 97.8 Å². The molecule has 0 bridgehead atoms. The molecule has 5 rings (SSSR count). The Labute approximate surface area is 195 Å². The van der Waals surface area contributed by atoms with E-state index < -0.39 is 0 Å². The van der Waals surface area contributed by atoms with E-state index in [0.29, 0.717) is 29.9 Å². The van der Waals surface area contributed by atoms with Crippen molar-refractivity contribution in [3.05, 3.63) is 0 Å². The zero-order chi connectivity index (χ0) is 22.7.